The van der Waals surface area contributed by atoms with Gasteiger partial charge in [0.05, 0.1) is 11.8 Å². The lowest BCUT2D eigenvalue weighted by molar-refractivity contribution is 0.0789. The van der Waals surface area contributed by atoms with Crippen molar-refractivity contribution in [3.8, 4) is 0 Å². The number of carbonyl (C=O) groups is 1. The average Bonchev–Trinajstić information content (AvgIpc) is 2.87. The molecule has 1 aromatic heterocycles. The second kappa shape index (κ2) is 4.25. The molecule has 1 aliphatic heterocycles. The molecule has 16 heavy (non-hydrogen) atoms. The lowest BCUT2D eigenvalue weighted by Gasteiger charge is -2.15. The lowest BCUT2D eigenvalue weighted by atomic mass is 10.2. The van der Waals surface area contributed by atoms with Gasteiger partial charge in [-0.15, -0.1) is 0 Å². The van der Waals surface area contributed by atoms with Crippen molar-refractivity contribution < 1.29 is 4.79 Å². The number of aryl methyl sites for hydroxylation is 1. The third kappa shape index (κ3) is 1.82. The zero-order valence-corrected chi connectivity index (χ0v) is 10.0. The molecule has 2 heterocycles. The van der Waals surface area contributed by atoms with Crippen molar-refractivity contribution in [2.75, 3.05) is 20.1 Å². The molecule has 0 radical (unpaired) electrons. The molecule has 1 amide bonds. The average molecular weight is 222 g/mol. The van der Waals surface area contributed by atoms with E-state index in [4.69, 9.17) is 0 Å². The van der Waals surface area contributed by atoms with Gasteiger partial charge in [-0.05, 0) is 20.4 Å². The van der Waals surface area contributed by atoms with Crippen molar-refractivity contribution in [3.63, 3.8) is 0 Å². The van der Waals surface area contributed by atoms with Crippen molar-refractivity contribution in [1.82, 2.24) is 20.0 Å². The Balaban J connectivity index is 2.12. The van der Waals surface area contributed by atoms with Gasteiger partial charge >= 0.3 is 0 Å². The highest BCUT2D eigenvalue weighted by molar-refractivity contribution is 5.95. The molecular weight excluding hydrogens is 204 g/mol. The Kier molecular flexibility index (Phi) is 2.96. The van der Waals surface area contributed by atoms with Gasteiger partial charge in [-0.25, -0.2) is 0 Å². The van der Waals surface area contributed by atoms with Crippen molar-refractivity contribution in [2.45, 2.75) is 19.4 Å². The number of likely N-dealkylation sites (N-methyl/N-ethyl adjacent to an activating group) is 1. The molecular formula is C11H18N4O. The Bertz CT molecular complexity index is 399. The Hall–Kier alpha value is -1.36. The maximum atomic E-state index is 12.2. The Labute approximate surface area is 95.4 Å². The number of nitrogens with zero attached hydrogens (tertiary/aromatic N) is 3. The van der Waals surface area contributed by atoms with Gasteiger partial charge in [-0.2, -0.15) is 5.10 Å². The van der Waals surface area contributed by atoms with Crippen molar-refractivity contribution in [2.24, 2.45) is 7.05 Å². The van der Waals surface area contributed by atoms with E-state index in [0.29, 0.717) is 6.04 Å². The van der Waals surface area contributed by atoms with E-state index >= 15 is 0 Å². The first-order valence-corrected chi connectivity index (χ1v) is 5.58. The number of rotatable bonds is 2. The summed E-state index contributed by atoms with van der Waals surface area (Å²) in [5.74, 6) is 0.100. The SMILES string of the molecule is CNC1CCN(C(=O)c2cnn(C)c2C)C1. The molecule has 1 aromatic rings. The van der Waals surface area contributed by atoms with E-state index < -0.39 is 0 Å². The predicted molar refractivity (Wildman–Crippen MR) is 61.3 cm³/mol. The molecule has 1 saturated heterocycles. The summed E-state index contributed by atoms with van der Waals surface area (Å²) in [6, 6.07) is 0.431. The van der Waals surface area contributed by atoms with Gasteiger partial charge in [0.1, 0.15) is 0 Å². The maximum Gasteiger partial charge on any atom is 0.257 e. The summed E-state index contributed by atoms with van der Waals surface area (Å²) in [6.07, 6.45) is 2.69. The first-order valence-electron chi connectivity index (χ1n) is 5.58. The normalized spacial score (nSPS) is 20.4. The summed E-state index contributed by atoms with van der Waals surface area (Å²) in [4.78, 5) is 14.1. The van der Waals surface area contributed by atoms with Crippen LogP contribution in [0.4, 0.5) is 0 Å². The molecule has 0 saturated carbocycles. The molecule has 1 fully saturated rings. The second-order valence-corrected chi connectivity index (χ2v) is 4.29. The van der Waals surface area contributed by atoms with Crippen LogP contribution in [0, 0.1) is 6.92 Å². The smallest absolute Gasteiger partial charge is 0.257 e. The van der Waals surface area contributed by atoms with E-state index in [1.54, 1.807) is 10.9 Å². The van der Waals surface area contributed by atoms with E-state index in [2.05, 4.69) is 10.4 Å². The topological polar surface area (TPSA) is 50.2 Å². The fourth-order valence-electron chi connectivity index (χ4n) is 2.06. The van der Waals surface area contributed by atoms with E-state index in [-0.39, 0.29) is 5.91 Å². The minimum atomic E-state index is 0.100. The molecule has 5 heteroatoms. The van der Waals surface area contributed by atoms with Gasteiger partial charge in [0, 0.05) is 31.9 Å². The van der Waals surface area contributed by atoms with Crippen LogP contribution < -0.4 is 5.32 Å². The summed E-state index contributed by atoms with van der Waals surface area (Å²) in [6.45, 7) is 3.55. The monoisotopic (exact) mass is 222 g/mol. The summed E-state index contributed by atoms with van der Waals surface area (Å²) >= 11 is 0. The number of nitrogens with one attached hydrogen (secondary N) is 1. The maximum absolute atomic E-state index is 12.2. The van der Waals surface area contributed by atoms with E-state index in [9.17, 15) is 4.79 Å². The largest absolute Gasteiger partial charge is 0.337 e. The molecule has 0 aromatic carbocycles. The van der Waals surface area contributed by atoms with E-state index in [1.165, 1.54) is 0 Å². The Morgan fingerprint density at radius 1 is 1.62 bits per heavy atom. The fraction of sp³-hybridized carbons (Fsp3) is 0.636. The van der Waals surface area contributed by atoms with Crippen LogP contribution >= 0.6 is 0 Å². The first-order chi connectivity index (χ1) is 7.63. The minimum absolute atomic E-state index is 0.100. The number of hydrogen-bond donors (Lipinski definition) is 1. The fourth-order valence-corrected chi connectivity index (χ4v) is 2.06. The summed E-state index contributed by atoms with van der Waals surface area (Å²) in [5.41, 5.74) is 1.65. The summed E-state index contributed by atoms with van der Waals surface area (Å²) in [5, 5.41) is 7.31. The predicted octanol–water partition coefficient (Wildman–Crippen LogP) is 0.162. The molecule has 0 aliphatic carbocycles. The van der Waals surface area contributed by atoms with Crippen LogP contribution in [0.3, 0.4) is 0 Å². The van der Waals surface area contributed by atoms with Gasteiger partial charge in [0.25, 0.3) is 5.91 Å². The Morgan fingerprint density at radius 3 is 2.88 bits per heavy atom. The Morgan fingerprint density at radius 2 is 2.38 bits per heavy atom. The van der Waals surface area contributed by atoms with Crippen LogP contribution in [-0.4, -0.2) is 46.8 Å². The van der Waals surface area contributed by atoms with Gasteiger partial charge in [-0.1, -0.05) is 0 Å². The third-order valence-corrected chi connectivity index (χ3v) is 3.35. The molecule has 1 unspecified atom stereocenters. The molecule has 0 bridgehead atoms. The van der Waals surface area contributed by atoms with Crippen LogP contribution in [0.5, 0.6) is 0 Å². The molecule has 0 spiro atoms. The minimum Gasteiger partial charge on any atom is -0.337 e. The van der Waals surface area contributed by atoms with Crippen LogP contribution in [0.15, 0.2) is 6.20 Å². The third-order valence-electron chi connectivity index (χ3n) is 3.35. The van der Waals surface area contributed by atoms with Crippen LogP contribution in [0.1, 0.15) is 22.5 Å². The molecule has 1 atom stereocenters. The molecule has 88 valence electrons. The number of likely N-dealkylation sites (tertiary alicyclic amines) is 1. The highest BCUT2D eigenvalue weighted by atomic mass is 16.2. The van der Waals surface area contributed by atoms with Crippen molar-refractivity contribution in [1.29, 1.82) is 0 Å². The van der Waals surface area contributed by atoms with Crippen molar-refractivity contribution >= 4 is 5.91 Å². The summed E-state index contributed by atoms with van der Waals surface area (Å²) in [7, 11) is 3.79. The van der Waals surface area contributed by atoms with Crippen LogP contribution in [0.25, 0.3) is 0 Å². The molecule has 5 nitrogen and oxygen atoms in total. The quantitative estimate of drug-likeness (QED) is 0.775. The summed E-state index contributed by atoms with van der Waals surface area (Å²) < 4.78 is 1.73. The highest BCUT2D eigenvalue weighted by Crippen LogP contribution is 2.15. The van der Waals surface area contributed by atoms with Gasteiger partial charge in [0.15, 0.2) is 0 Å². The molecule has 1 N–H and O–H groups in total. The van der Waals surface area contributed by atoms with E-state index in [0.717, 1.165) is 30.8 Å². The number of hydrogen-bond acceptors (Lipinski definition) is 3. The number of amides is 1. The van der Waals surface area contributed by atoms with Gasteiger partial charge in [-0.3, -0.25) is 9.48 Å². The number of carbonyl (C=O) groups excluding carboxylic acids is 1. The second-order valence-electron chi connectivity index (χ2n) is 4.29. The van der Waals surface area contributed by atoms with Crippen LogP contribution in [-0.2, 0) is 7.05 Å². The van der Waals surface area contributed by atoms with E-state index in [1.807, 2.05) is 25.9 Å². The molecule has 2 rings (SSSR count). The standard InChI is InChI=1S/C11H18N4O/c1-8-10(6-13-14(8)3)11(16)15-5-4-9(7-15)12-2/h6,9,12H,4-5,7H2,1-3H3. The van der Waals surface area contributed by atoms with Gasteiger partial charge < -0.3 is 10.2 Å². The van der Waals surface area contributed by atoms with Gasteiger partial charge in [0.2, 0.25) is 0 Å². The molecule has 1 aliphatic rings. The number of aromatic nitrogens is 2. The first kappa shape index (κ1) is 11.1. The van der Waals surface area contributed by atoms with Crippen molar-refractivity contribution in [3.05, 3.63) is 17.5 Å². The zero-order valence-electron chi connectivity index (χ0n) is 10.0. The zero-order chi connectivity index (χ0) is 11.7. The lowest BCUT2D eigenvalue weighted by Crippen LogP contribution is -2.33. The van der Waals surface area contributed by atoms with Crippen LogP contribution in [0.2, 0.25) is 0 Å². The highest BCUT2D eigenvalue weighted by Gasteiger charge is 2.27.